The molecular weight excluding hydrogens is 390 g/mol. The quantitative estimate of drug-likeness (QED) is 0.693. The topological polar surface area (TPSA) is 35.6 Å². The summed E-state index contributed by atoms with van der Waals surface area (Å²) in [6.07, 6.45) is 0. The van der Waals surface area contributed by atoms with Gasteiger partial charge in [0.15, 0.2) is 0 Å². The molecule has 1 fully saturated rings. The molecule has 1 unspecified atom stereocenters. The molecule has 3 rings (SSSR count). The Morgan fingerprint density at radius 2 is 1.79 bits per heavy atom. The van der Waals surface area contributed by atoms with Gasteiger partial charge in [-0.05, 0) is 49.4 Å². The first kappa shape index (κ1) is 21.2. The van der Waals surface area contributed by atoms with Crippen molar-refractivity contribution in [2.75, 3.05) is 33.2 Å². The lowest BCUT2D eigenvalue weighted by Crippen LogP contribution is -2.43. The minimum absolute atomic E-state index is 0.0458. The largest absolute Gasteiger partial charge is 0.351 e. The molecule has 28 heavy (non-hydrogen) atoms. The van der Waals surface area contributed by atoms with E-state index in [1.165, 1.54) is 5.56 Å². The molecule has 1 aliphatic heterocycles. The van der Waals surface area contributed by atoms with Crippen molar-refractivity contribution in [3.63, 3.8) is 0 Å². The lowest BCUT2D eigenvalue weighted by Gasteiger charge is -2.32. The van der Waals surface area contributed by atoms with Crippen molar-refractivity contribution in [3.05, 3.63) is 64.7 Å². The predicted molar refractivity (Wildman–Crippen MR) is 118 cm³/mol. The minimum atomic E-state index is -0.158. The van der Waals surface area contributed by atoms with Crippen molar-refractivity contribution < 1.29 is 4.79 Å². The third-order valence-corrected chi connectivity index (χ3v) is 6.32. The molecule has 1 atom stereocenters. The van der Waals surface area contributed by atoms with Crippen LogP contribution in [0.25, 0.3) is 0 Å². The number of likely N-dealkylation sites (N-methyl/N-ethyl adjacent to an activating group) is 1. The molecule has 2 aromatic rings. The van der Waals surface area contributed by atoms with Gasteiger partial charge in [-0.2, -0.15) is 0 Å². The van der Waals surface area contributed by atoms with Crippen LogP contribution < -0.4 is 5.32 Å². The fraction of sp³-hybridized carbons (Fsp3) is 0.409. The highest BCUT2D eigenvalue weighted by Crippen LogP contribution is 2.24. The SMILES string of the molecule is CC(Sc1ccc(Cl)cc1)C(=O)NCc1cccc(CN2CCN(C)CC2)c1. The molecule has 2 aromatic carbocycles. The first-order valence-electron chi connectivity index (χ1n) is 9.68. The van der Waals surface area contributed by atoms with Crippen LogP contribution in [0.3, 0.4) is 0 Å². The number of halogens is 1. The Morgan fingerprint density at radius 3 is 2.50 bits per heavy atom. The Balaban J connectivity index is 1.48. The number of carbonyl (C=O) groups excluding carboxylic acids is 1. The summed E-state index contributed by atoms with van der Waals surface area (Å²) in [5.74, 6) is 0.0458. The van der Waals surface area contributed by atoms with Gasteiger partial charge in [-0.15, -0.1) is 11.8 Å². The fourth-order valence-corrected chi connectivity index (χ4v) is 4.22. The van der Waals surface area contributed by atoms with Crippen LogP contribution in [0.5, 0.6) is 0 Å². The summed E-state index contributed by atoms with van der Waals surface area (Å²) in [6, 6.07) is 16.1. The van der Waals surface area contributed by atoms with E-state index in [1.54, 1.807) is 11.8 Å². The number of rotatable bonds is 7. The second-order valence-corrected chi connectivity index (χ2v) is 9.18. The number of piperazine rings is 1. The molecule has 1 aliphatic rings. The maximum atomic E-state index is 12.4. The molecule has 0 spiro atoms. The van der Waals surface area contributed by atoms with Crippen molar-refractivity contribution in [3.8, 4) is 0 Å². The lowest BCUT2D eigenvalue weighted by molar-refractivity contribution is -0.120. The first-order chi connectivity index (χ1) is 13.5. The maximum Gasteiger partial charge on any atom is 0.233 e. The van der Waals surface area contributed by atoms with E-state index in [1.807, 2.05) is 31.2 Å². The van der Waals surface area contributed by atoms with Crippen molar-refractivity contribution in [1.29, 1.82) is 0 Å². The molecule has 0 saturated carbocycles. The summed E-state index contributed by atoms with van der Waals surface area (Å²) in [6.45, 7) is 7.92. The molecule has 0 aliphatic carbocycles. The Kier molecular flexibility index (Phi) is 7.80. The van der Waals surface area contributed by atoms with Crippen molar-refractivity contribution in [1.82, 2.24) is 15.1 Å². The third-order valence-electron chi connectivity index (χ3n) is 4.96. The van der Waals surface area contributed by atoms with Gasteiger partial charge in [0.05, 0.1) is 5.25 Å². The number of nitrogens with zero attached hydrogens (tertiary/aromatic N) is 2. The number of amides is 1. The smallest absolute Gasteiger partial charge is 0.233 e. The van der Waals surface area contributed by atoms with Crippen LogP contribution in [-0.4, -0.2) is 54.2 Å². The van der Waals surface area contributed by atoms with E-state index in [0.29, 0.717) is 11.6 Å². The van der Waals surface area contributed by atoms with E-state index in [0.717, 1.165) is 43.2 Å². The number of benzene rings is 2. The first-order valence-corrected chi connectivity index (χ1v) is 10.9. The average Bonchev–Trinajstić information content (AvgIpc) is 2.70. The molecule has 1 amide bonds. The van der Waals surface area contributed by atoms with Crippen molar-refractivity contribution in [2.24, 2.45) is 0 Å². The molecule has 4 nitrogen and oxygen atoms in total. The van der Waals surface area contributed by atoms with Gasteiger partial charge >= 0.3 is 0 Å². The highest BCUT2D eigenvalue weighted by Gasteiger charge is 2.15. The number of nitrogens with one attached hydrogen (secondary N) is 1. The molecule has 150 valence electrons. The standard InChI is InChI=1S/C22H28ClN3OS/c1-17(28-21-8-6-20(23)7-9-21)22(27)24-15-18-4-3-5-19(14-18)16-26-12-10-25(2)11-13-26/h3-9,14,17H,10-13,15-16H2,1-2H3,(H,24,27). The van der Waals surface area contributed by atoms with Gasteiger partial charge in [0.1, 0.15) is 0 Å². The number of hydrogen-bond acceptors (Lipinski definition) is 4. The molecule has 0 radical (unpaired) electrons. The Morgan fingerprint density at radius 1 is 1.11 bits per heavy atom. The normalized spacial score (nSPS) is 16.7. The summed E-state index contributed by atoms with van der Waals surface area (Å²) in [4.78, 5) is 18.3. The van der Waals surface area contributed by atoms with E-state index in [-0.39, 0.29) is 11.2 Å². The van der Waals surface area contributed by atoms with Crippen LogP contribution in [-0.2, 0) is 17.9 Å². The summed E-state index contributed by atoms with van der Waals surface area (Å²) in [5.41, 5.74) is 2.45. The molecular formula is C22H28ClN3OS. The summed E-state index contributed by atoms with van der Waals surface area (Å²) in [5, 5.41) is 3.61. The van der Waals surface area contributed by atoms with E-state index < -0.39 is 0 Å². The lowest BCUT2D eigenvalue weighted by atomic mass is 10.1. The highest BCUT2D eigenvalue weighted by molar-refractivity contribution is 8.00. The second-order valence-electron chi connectivity index (χ2n) is 7.33. The van der Waals surface area contributed by atoms with Gasteiger partial charge in [0.2, 0.25) is 5.91 Å². The number of carbonyl (C=O) groups is 1. The van der Waals surface area contributed by atoms with Gasteiger partial charge in [-0.25, -0.2) is 0 Å². The average molecular weight is 418 g/mol. The van der Waals surface area contributed by atoms with Gasteiger partial charge in [-0.1, -0.05) is 35.9 Å². The van der Waals surface area contributed by atoms with Crippen LogP contribution in [0.2, 0.25) is 5.02 Å². The van der Waals surface area contributed by atoms with Crippen LogP contribution in [0.4, 0.5) is 0 Å². The Bertz CT molecular complexity index is 776. The van der Waals surface area contributed by atoms with Crippen LogP contribution in [0, 0.1) is 0 Å². The van der Waals surface area contributed by atoms with Gasteiger partial charge in [0.25, 0.3) is 0 Å². The highest BCUT2D eigenvalue weighted by atomic mass is 35.5. The van der Waals surface area contributed by atoms with Crippen LogP contribution in [0.15, 0.2) is 53.4 Å². The number of thioether (sulfide) groups is 1. The van der Waals surface area contributed by atoms with Crippen LogP contribution >= 0.6 is 23.4 Å². The van der Waals surface area contributed by atoms with Gasteiger partial charge in [0, 0.05) is 49.2 Å². The third kappa shape index (κ3) is 6.52. The van der Waals surface area contributed by atoms with Crippen LogP contribution in [0.1, 0.15) is 18.1 Å². The van der Waals surface area contributed by atoms with Crippen molar-refractivity contribution in [2.45, 2.75) is 30.2 Å². The zero-order valence-corrected chi connectivity index (χ0v) is 18.1. The van der Waals surface area contributed by atoms with E-state index in [9.17, 15) is 4.79 Å². The minimum Gasteiger partial charge on any atom is -0.351 e. The monoisotopic (exact) mass is 417 g/mol. The maximum absolute atomic E-state index is 12.4. The molecule has 0 aromatic heterocycles. The molecule has 1 N–H and O–H groups in total. The zero-order chi connectivity index (χ0) is 19.9. The van der Waals surface area contributed by atoms with Gasteiger partial charge < -0.3 is 10.2 Å². The fourth-order valence-electron chi connectivity index (χ4n) is 3.21. The van der Waals surface area contributed by atoms with E-state index in [2.05, 4.69) is 46.4 Å². The zero-order valence-electron chi connectivity index (χ0n) is 16.5. The number of hydrogen-bond donors (Lipinski definition) is 1. The predicted octanol–water partition coefficient (Wildman–Crippen LogP) is 3.88. The summed E-state index contributed by atoms with van der Waals surface area (Å²) < 4.78 is 0. The van der Waals surface area contributed by atoms with Gasteiger partial charge in [-0.3, -0.25) is 9.69 Å². The van der Waals surface area contributed by atoms with E-state index >= 15 is 0 Å². The molecule has 0 bridgehead atoms. The molecule has 1 heterocycles. The Hall–Kier alpha value is -1.53. The summed E-state index contributed by atoms with van der Waals surface area (Å²) >= 11 is 7.46. The van der Waals surface area contributed by atoms with Crippen molar-refractivity contribution >= 4 is 29.3 Å². The molecule has 1 saturated heterocycles. The van der Waals surface area contributed by atoms with E-state index in [4.69, 9.17) is 11.6 Å². The Labute approximate surface area is 177 Å². The summed E-state index contributed by atoms with van der Waals surface area (Å²) in [7, 11) is 2.17. The molecule has 6 heteroatoms. The second kappa shape index (κ2) is 10.3.